The molecule has 2 N–H and O–H groups in total. The summed E-state index contributed by atoms with van der Waals surface area (Å²) in [6.07, 6.45) is 0. The molecule has 0 heterocycles. The van der Waals surface area contributed by atoms with Crippen LogP contribution in [0.5, 0.6) is 5.75 Å². The number of hydrogen-bond acceptors (Lipinski definition) is 2. The normalized spacial score (nSPS) is 11.6. The van der Waals surface area contributed by atoms with Crippen LogP contribution in [0.15, 0.2) is 23.2 Å². The minimum atomic E-state index is 0.366. The Bertz CT molecular complexity index is 407. The number of ether oxygens (including phenoxy) is 1. The van der Waals surface area contributed by atoms with Crippen molar-refractivity contribution in [1.82, 2.24) is 10.6 Å². The summed E-state index contributed by atoms with van der Waals surface area (Å²) in [6, 6.07) is 6.54. The molecule has 0 aliphatic rings. The minimum Gasteiger partial charge on any atom is -0.491 e. The van der Waals surface area contributed by atoms with E-state index >= 15 is 0 Å². The molecule has 0 atom stereocenters. The van der Waals surface area contributed by atoms with E-state index in [0.717, 1.165) is 18.3 Å². The standard InChI is InChI=1S/C15H25N3O/c1-11(2)18-15(16-5)17-9-10-19-14-12(3)7-6-8-13(14)4/h6-8,11H,9-10H2,1-5H3,(H2,16,17,18). The summed E-state index contributed by atoms with van der Waals surface area (Å²) in [5.74, 6) is 1.79. The van der Waals surface area contributed by atoms with E-state index in [1.165, 1.54) is 11.1 Å². The van der Waals surface area contributed by atoms with Crippen LogP contribution in [0, 0.1) is 13.8 Å². The highest BCUT2D eigenvalue weighted by atomic mass is 16.5. The van der Waals surface area contributed by atoms with Gasteiger partial charge in [-0.2, -0.15) is 0 Å². The van der Waals surface area contributed by atoms with Crippen molar-refractivity contribution < 1.29 is 4.74 Å². The van der Waals surface area contributed by atoms with E-state index in [1.54, 1.807) is 7.05 Å². The number of hydrogen-bond donors (Lipinski definition) is 2. The highest BCUT2D eigenvalue weighted by Gasteiger charge is 2.03. The molecule has 0 aliphatic heterocycles. The third-order valence-corrected chi connectivity index (χ3v) is 2.70. The molecule has 1 aromatic rings. The second-order valence-corrected chi connectivity index (χ2v) is 4.87. The first-order valence-electron chi connectivity index (χ1n) is 6.70. The molecule has 0 saturated heterocycles. The summed E-state index contributed by atoms with van der Waals surface area (Å²) in [4.78, 5) is 4.15. The highest BCUT2D eigenvalue weighted by Crippen LogP contribution is 2.21. The van der Waals surface area contributed by atoms with Gasteiger partial charge in [-0.25, -0.2) is 0 Å². The molecular formula is C15H25N3O. The van der Waals surface area contributed by atoms with Crippen LogP contribution in [0.25, 0.3) is 0 Å². The number of guanidine groups is 1. The zero-order chi connectivity index (χ0) is 14.3. The molecule has 1 aromatic carbocycles. The van der Waals surface area contributed by atoms with E-state index in [-0.39, 0.29) is 0 Å². The summed E-state index contributed by atoms with van der Waals surface area (Å²) < 4.78 is 5.82. The summed E-state index contributed by atoms with van der Waals surface area (Å²) in [6.45, 7) is 9.63. The van der Waals surface area contributed by atoms with Crippen molar-refractivity contribution in [2.45, 2.75) is 33.7 Å². The Morgan fingerprint density at radius 2 is 1.89 bits per heavy atom. The maximum absolute atomic E-state index is 5.82. The fourth-order valence-electron chi connectivity index (χ4n) is 1.82. The van der Waals surface area contributed by atoms with E-state index in [2.05, 4.69) is 55.5 Å². The minimum absolute atomic E-state index is 0.366. The summed E-state index contributed by atoms with van der Waals surface area (Å²) in [5, 5.41) is 6.46. The van der Waals surface area contributed by atoms with Crippen LogP contribution in [-0.2, 0) is 0 Å². The van der Waals surface area contributed by atoms with Crippen molar-refractivity contribution in [3.63, 3.8) is 0 Å². The molecule has 4 heteroatoms. The maximum Gasteiger partial charge on any atom is 0.191 e. The Hall–Kier alpha value is -1.71. The first kappa shape index (κ1) is 15.3. The Kier molecular flexibility index (Phi) is 6.19. The maximum atomic E-state index is 5.82. The lowest BCUT2D eigenvalue weighted by Gasteiger charge is -2.16. The molecule has 0 unspecified atom stereocenters. The molecule has 4 nitrogen and oxygen atoms in total. The number of para-hydroxylation sites is 1. The van der Waals surface area contributed by atoms with Crippen LogP contribution in [-0.4, -0.2) is 32.2 Å². The van der Waals surface area contributed by atoms with Gasteiger partial charge in [0.25, 0.3) is 0 Å². The average Bonchev–Trinajstić information content (AvgIpc) is 2.35. The van der Waals surface area contributed by atoms with Gasteiger partial charge in [-0.1, -0.05) is 18.2 Å². The van der Waals surface area contributed by atoms with E-state index in [4.69, 9.17) is 4.74 Å². The SMILES string of the molecule is CN=C(NCCOc1c(C)cccc1C)NC(C)C. The monoisotopic (exact) mass is 263 g/mol. The molecule has 0 aromatic heterocycles. The van der Waals surface area contributed by atoms with Gasteiger partial charge in [-0.05, 0) is 38.8 Å². The topological polar surface area (TPSA) is 45.7 Å². The number of aliphatic imine (C=N–C) groups is 1. The second kappa shape index (κ2) is 7.67. The molecule has 106 valence electrons. The Morgan fingerprint density at radius 1 is 1.26 bits per heavy atom. The number of aryl methyl sites for hydroxylation is 2. The lowest BCUT2D eigenvalue weighted by Crippen LogP contribution is -2.42. The van der Waals surface area contributed by atoms with Crippen LogP contribution in [0.4, 0.5) is 0 Å². The van der Waals surface area contributed by atoms with E-state index in [0.29, 0.717) is 12.6 Å². The van der Waals surface area contributed by atoms with Gasteiger partial charge in [0.05, 0.1) is 6.54 Å². The van der Waals surface area contributed by atoms with Gasteiger partial charge in [0.2, 0.25) is 0 Å². The molecule has 1 rings (SSSR count). The molecule has 0 bridgehead atoms. The van der Waals surface area contributed by atoms with Gasteiger partial charge < -0.3 is 15.4 Å². The van der Waals surface area contributed by atoms with Crippen LogP contribution in [0.1, 0.15) is 25.0 Å². The van der Waals surface area contributed by atoms with E-state index in [9.17, 15) is 0 Å². The van der Waals surface area contributed by atoms with Crippen molar-refractivity contribution in [2.24, 2.45) is 4.99 Å². The smallest absolute Gasteiger partial charge is 0.191 e. The first-order chi connectivity index (χ1) is 9.04. The number of nitrogens with one attached hydrogen (secondary N) is 2. The summed E-state index contributed by atoms with van der Waals surface area (Å²) in [5.41, 5.74) is 2.34. The van der Waals surface area contributed by atoms with Crippen molar-refractivity contribution in [1.29, 1.82) is 0 Å². The van der Waals surface area contributed by atoms with Crippen LogP contribution in [0.2, 0.25) is 0 Å². The van der Waals surface area contributed by atoms with Crippen molar-refractivity contribution in [3.8, 4) is 5.75 Å². The quantitative estimate of drug-likeness (QED) is 0.486. The first-order valence-corrected chi connectivity index (χ1v) is 6.70. The van der Waals surface area contributed by atoms with E-state index < -0.39 is 0 Å². The number of benzene rings is 1. The van der Waals surface area contributed by atoms with Gasteiger partial charge in [-0.15, -0.1) is 0 Å². The predicted octanol–water partition coefficient (Wildman–Crippen LogP) is 2.26. The van der Waals surface area contributed by atoms with Gasteiger partial charge >= 0.3 is 0 Å². The zero-order valence-corrected chi connectivity index (χ0v) is 12.6. The van der Waals surface area contributed by atoms with Crippen LogP contribution < -0.4 is 15.4 Å². The Morgan fingerprint density at radius 3 is 2.42 bits per heavy atom. The van der Waals surface area contributed by atoms with Crippen molar-refractivity contribution in [3.05, 3.63) is 29.3 Å². The van der Waals surface area contributed by atoms with Crippen molar-refractivity contribution in [2.75, 3.05) is 20.2 Å². The molecule has 0 fully saturated rings. The third-order valence-electron chi connectivity index (χ3n) is 2.70. The molecule has 19 heavy (non-hydrogen) atoms. The molecule has 0 saturated carbocycles. The molecule has 0 aliphatic carbocycles. The lowest BCUT2D eigenvalue weighted by molar-refractivity contribution is 0.317. The zero-order valence-electron chi connectivity index (χ0n) is 12.6. The van der Waals surface area contributed by atoms with Crippen molar-refractivity contribution >= 4 is 5.96 Å². The number of nitrogens with zero attached hydrogens (tertiary/aromatic N) is 1. The van der Waals surface area contributed by atoms with Gasteiger partial charge in [-0.3, -0.25) is 4.99 Å². The Balaban J connectivity index is 2.39. The predicted molar refractivity (Wildman–Crippen MR) is 81.0 cm³/mol. The fraction of sp³-hybridized carbons (Fsp3) is 0.533. The molecular weight excluding hydrogens is 238 g/mol. The lowest BCUT2D eigenvalue weighted by atomic mass is 10.1. The third kappa shape index (κ3) is 5.20. The second-order valence-electron chi connectivity index (χ2n) is 4.87. The molecule has 0 amide bonds. The number of rotatable bonds is 5. The molecule has 0 spiro atoms. The van der Waals surface area contributed by atoms with Crippen LogP contribution >= 0.6 is 0 Å². The van der Waals surface area contributed by atoms with Gasteiger partial charge in [0.1, 0.15) is 12.4 Å². The van der Waals surface area contributed by atoms with Gasteiger partial charge in [0, 0.05) is 13.1 Å². The van der Waals surface area contributed by atoms with Crippen LogP contribution in [0.3, 0.4) is 0 Å². The summed E-state index contributed by atoms with van der Waals surface area (Å²) in [7, 11) is 1.77. The van der Waals surface area contributed by atoms with E-state index in [1.807, 2.05) is 6.07 Å². The van der Waals surface area contributed by atoms with Gasteiger partial charge in [0.15, 0.2) is 5.96 Å². The summed E-state index contributed by atoms with van der Waals surface area (Å²) >= 11 is 0. The fourth-order valence-corrected chi connectivity index (χ4v) is 1.82. The molecule has 0 radical (unpaired) electrons. The average molecular weight is 263 g/mol. The largest absolute Gasteiger partial charge is 0.491 e. The Labute approximate surface area is 116 Å². The highest BCUT2D eigenvalue weighted by molar-refractivity contribution is 5.79.